The molecule has 2 heterocycles. The Bertz CT molecular complexity index is 1180. The van der Waals surface area contributed by atoms with Crippen LogP contribution in [0.3, 0.4) is 0 Å². The number of allylic oxidation sites excluding steroid dienone is 3. The molecular formula is C22H18FN3O2. The maximum absolute atomic E-state index is 14.3. The van der Waals surface area contributed by atoms with E-state index < -0.39 is 17.0 Å². The van der Waals surface area contributed by atoms with Crippen LogP contribution in [-0.2, 0) is 0 Å². The molecule has 0 atom stereocenters. The summed E-state index contributed by atoms with van der Waals surface area (Å²) in [7, 11) is 0. The maximum atomic E-state index is 14.3. The lowest BCUT2D eigenvalue weighted by atomic mass is 10.1. The molecule has 0 fully saturated rings. The van der Waals surface area contributed by atoms with Crippen LogP contribution in [0.15, 0.2) is 84.5 Å². The van der Waals surface area contributed by atoms with Gasteiger partial charge >= 0.3 is 0 Å². The minimum Gasteiger partial charge on any atom is -0.341 e. The number of rotatable bonds is 6. The lowest BCUT2D eigenvalue weighted by Crippen LogP contribution is -2.18. The first kappa shape index (κ1) is 19.0. The number of nitrogens with zero attached hydrogens (tertiary/aromatic N) is 2. The average Bonchev–Trinajstić information content (AvgIpc) is 2.68. The molecule has 1 N–H and O–H groups in total. The number of carbonyl (C=O) groups is 1. The van der Waals surface area contributed by atoms with Gasteiger partial charge in [-0.1, -0.05) is 37.4 Å². The summed E-state index contributed by atoms with van der Waals surface area (Å²) in [4.78, 5) is 29.0. The second-order valence-electron chi connectivity index (χ2n) is 5.99. The Hall–Kier alpha value is -3.80. The maximum Gasteiger partial charge on any atom is 0.194 e. The first-order chi connectivity index (χ1) is 13.5. The van der Waals surface area contributed by atoms with Crippen molar-refractivity contribution in [3.05, 3.63) is 101 Å². The first-order valence-electron chi connectivity index (χ1n) is 8.50. The fourth-order valence-corrected chi connectivity index (χ4v) is 2.97. The monoisotopic (exact) mass is 375 g/mol. The third-order valence-corrected chi connectivity index (χ3v) is 4.14. The molecule has 3 rings (SSSR count). The summed E-state index contributed by atoms with van der Waals surface area (Å²) >= 11 is 0. The van der Waals surface area contributed by atoms with E-state index in [2.05, 4.69) is 23.5 Å². The number of carbonyl (C=O) groups excluding carboxylic acids is 1. The molecule has 0 unspecified atom stereocenters. The summed E-state index contributed by atoms with van der Waals surface area (Å²) < 4.78 is 15.9. The molecule has 0 amide bonds. The van der Waals surface area contributed by atoms with Crippen LogP contribution in [0.4, 0.5) is 10.2 Å². The van der Waals surface area contributed by atoms with Crippen LogP contribution < -0.4 is 10.7 Å². The number of aromatic nitrogens is 2. The Morgan fingerprint density at radius 1 is 1.25 bits per heavy atom. The number of para-hydroxylation sites is 1. The van der Waals surface area contributed by atoms with Crippen molar-refractivity contribution in [2.24, 2.45) is 0 Å². The molecule has 0 saturated carbocycles. The highest BCUT2D eigenvalue weighted by atomic mass is 19.1. The second-order valence-corrected chi connectivity index (χ2v) is 5.99. The number of ketones is 1. The highest BCUT2D eigenvalue weighted by Gasteiger charge is 2.20. The Morgan fingerprint density at radius 3 is 2.57 bits per heavy atom. The van der Waals surface area contributed by atoms with Crippen LogP contribution in [-0.4, -0.2) is 15.3 Å². The Balaban J connectivity index is 2.45. The highest BCUT2D eigenvalue weighted by Crippen LogP contribution is 2.25. The summed E-state index contributed by atoms with van der Waals surface area (Å²) in [6.45, 7) is 8.61. The summed E-state index contributed by atoms with van der Waals surface area (Å²) in [5, 5.41) is 3.05. The lowest BCUT2D eigenvalue weighted by molar-refractivity contribution is 0.101. The molecule has 0 aliphatic carbocycles. The van der Waals surface area contributed by atoms with Crippen LogP contribution in [0.1, 0.15) is 17.3 Å². The molecule has 0 spiro atoms. The molecule has 0 saturated heterocycles. The van der Waals surface area contributed by atoms with Gasteiger partial charge in [0.05, 0.1) is 17.1 Å². The molecule has 0 aliphatic rings. The summed E-state index contributed by atoms with van der Waals surface area (Å²) in [6.07, 6.45) is 5.80. The van der Waals surface area contributed by atoms with Gasteiger partial charge in [-0.15, -0.1) is 0 Å². The van der Waals surface area contributed by atoms with Gasteiger partial charge in [-0.05, 0) is 31.2 Å². The van der Waals surface area contributed by atoms with E-state index in [1.165, 1.54) is 13.0 Å². The van der Waals surface area contributed by atoms with Gasteiger partial charge in [-0.3, -0.25) is 14.2 Å². The van der Waals surface area contributed by atoms with E-state index in [0.29, 0.717) is 17.2 Å². The van der Waals surface area contributed by atoms with Crippen molar-refractivity contribution in [1.29, 1.82) is 0 Å². The summed E-state index contributed by atoms with van der Waals surface area (Å²) in [6, 6.07) is 10.4. The second kappa shape index (κ2) is 7.84. The van der Waals surface area contributed by atoms with Crippen LogP contribution in [0.25, 0.3) is 16.7 Å². The van der Waals surface area contributed by atoms with E-state index in [9.17, 15) is 14.0 Å². The molecule has 140 valence electrons. The topological polar surface area (TPSA) is 64.0 Å². The molecular weight excluding hydrogens is 357 g/mol. The van der Waals surface area contributed by atoms with Crippen molar-refractivity contribution in [1.82, 2.24) is 9.55 Å². The van der Waals surface area contributed by atoms with Crippen molar-refractivity contribution in [3.8, 4) is 5.69 Å². The molecule has 2 aromatic heterocycles. The zero-order valence-corrected chi connectivity index (χ0v) is 15.3. The number of Topliss-reactive ketones (excluding diaryl/α,β-unsaturated/α-hetero) is 1. The third-order valence-electron chi connectivity index (χ3n) is 4.14. The molecule has 5 nitrogen and oxygen atoms in total. The van der Waals surface area contributed by atoms with Crippen molar-refractivity contribution < 1.29 is 9.18 Å². The highest BCUT2D eigenvalue weighted by molar-refractivity contribution is 6.06. The van der Waals surface area contributed by atoms with Crippen LogP contribution in [0.5, 0.6) is 0 Å². The van der Waals surface area contributed by atoms with E-state index in [4.69, 9.17) is 0 Å². The first-order valence-corrected chi connectivity index (χ1v) is 8.50. The largest absolute Gasteiger partial charge is 0.341 e. The van der Waals surface area contributed by atoms with Gasteiger partial charge in [-0.25, -0.2) is 9.37 Å². The normalized spacial score (nSPS) is 11.3. The zero-order valence-electron chi connectivity index (χ0n) is 15.3. The van der Waals surface area contributed by atoms with Crippen molar-refractivity contribution in [2.45, 2.75) is 6.92 Å². The van der Waals surface area contributed by atoms with Crippen molar-refractivity contribution >= 4 is 22.6 Å². The SMILES string of the molecule is C=C/C=C(\C=C)Nc1cc(=O)c2c(C(C)=O)c(F)cnc2n1-c1ccccc1. The van der Waals surface area contributed by atoms with Crippen LogP contribution in [0, 0.1) is 5.82 Å². The number of benzene rings is 1. The molecule has 0 bridgehead atoms. The van der Waals surface area contributed by atoms with Gasteiger partial charge in [0, 0.05) is 17.5 Å². The minimum absolute atomic E-state index is 0.0604. The Kier molecular flexibility index (Phi) is 5.31. The van der Waals surface area contributed by atoms with Crippen LogP contribution in [0.2, 0.25) is 0 Å². The lowest BCUT2D eigenvalue weighted by Gasteiger charge is -2.18. The van der Waals surface area contributed by atoms with E-state index in [1.54, 1.807) is 22.8 Å². The number of hydrogen-bond donors (Lipinski definition) is 1. The summed E-state index contributed by atoms with van der Waals surface area (Å²) in [5.74, 6) is -0.971. The molecule has 0 radical (unpaired) electrons. The van der Waals surface area contributed by atoms with Gasteiger partial charge < -0.3 is 5.32 Å². The fourth-order valence-electron chi connectivity index (χ4n) is 2.97. The Morgan fingerprint density at radius 2 is 1.96 bits per heavy atom. The van der Waals surface area contributed by atoms with Gasteiger partial charge in [0.2, 0.25) is 0 Å². The van der Waals surface area contributed by atoms with Crippen LogP contribution >= 0.6 is 0 Å². The molecule has 28 heavy (non-hydrogen) atoms. The number of halogens is 1. The average molecular weight is 375 g/mol. The number of nitrogens with one attached hydrogen (secondary N) is 1. The van der Waals surface area contributed by atoms with E-state index in [0.717, 1.165) is 6.20 Å². The molecule has 6 heteroatoms. The number of pyridine rings is 2. The molecule has 0 aliphatic heterocycles. The standard InChI is InChI=1S/C22H18FN3O2/c1-4-9-15(5-2)25-19-12-18(28)21-20(14(3)27)17(23)13-24-22(21)26(19)16-10-7-6-8-11-16/h4-13,25H,1-2H2,3H3/b15-9+. The number of fused-ring (bicyclic) bond motifs is 1. The third kappa shape index (κ3) is 3.40. The van der Waals surface area contributed by atoms with E-state index >= 15 is 0 Å². The van der Waals surface area contributed by atoms with Gasteiger partial charge in [0.1, 0.15) is 5.82 Å². The predicted octanol–water partition coefficient (Wildman–Crippen LogP) is 4.40. The zero-order chi connectivity index (χ0) is 20.3. The predicted molar refractivity (Wildman–Crippen MR) is 109 cm³/mol. The van der Waals surface area contributed by atoms with Crippen molar-refractivity contribution in [2.75, 3.05) is 5.32 Å². The fraction of sp³-hybridized carbons (Fsp3) is 0.0455. The van der Waals surface area contributed by atoms with Crippen molar-refractivity contribution in [3.63, 3.8) is 0 Å². The minimum atomic E-state index is -0.823. The number of hydrogen-bond acceptors (Lipinski definition) is 4. The molecule has 1 aromatic carbocycles. The van der Waals surface area contributed by atoms with Gasteiger partial charge in [-0.2, -0.15) is 0 Å². The van der Waals surface area contributed by atoms with E-state index in [-0.39, 0.29) is 16.6 Å². The summed E-state index contributed by atoms with van der Waals surface area (Å²) in [5.41, 5.74) is 0.688. The quantitative estimate of drug-likeness (QED) is 0.512. The van der Waals surface area contributed by atoms with Gasteiger partial charge in [0.25, 0.3) is 0 Å². The smallest absolute Gasteiger partial charge is 0.194 e. The Labute approximate surface area is 161 Å². The van der Waals surface area contributed by atoms with Gasteiger partial charge in [0.15, 0.2) is 22.7 Å². The molecule has 3 aromatic rings. The van der Waals surface area contributed by atoms with E-state index in [1.807, 2.05) is 30.3 Å². The number of anilines is 1.